The minimum atomic E-state index is -0.408. The van der Waals surface area contributed by atoms with E-state index in [4.69, 9.17) is 4.74 Å². The SMILES string of the molecule is CCN1CCCCC(Nc2cc(C#CC(C)(C)C)sc2C(=O)OC)C1=O. The summed E-state index contributed by atoms with van der Waals surface area (Å²) in [6.45, 7) is 9.60. The highest BCUT2D eigenvalue weighted by atomic mass is 32.1. The number of rotatable bonds is 4. The number of hydrogen-bond donors (Lipinski definition) is 1. The summed E-state index contributed by atoms with van der Waals surface area (Å²) in [5, 5.41) is 3.29. The van der Waals surface area contributed by atoms with Crippen LogP contribution in [0.15, 0.2) is 6.07 Å². The number of hydrogen-bond acceptors (Lipinski definition) is 5. The first-order chi connectivity index (χ1) is 12.2. The van der Waals surface area contributed by atoms with Crippen LogP contribution in [0.3, 0.4) is 0 Å². The number of carbonyl (C=O) groups excluding carboxylic acids is 2. The minimum Gasteiger partial charge on any atom is -0.465 e. The Morgan fingerprint density at radius 3 is 2.77 bits per heavy atom. The van der Waals surface area contributed by atoms with Gasteiger partial charge in [0.05, 0.1) is 17.7 Å². The minimum absolute atomic E-state index is 0.0920. The molecule has 2 rings (SSSR count). The van der Waals surface area contributed by atoms with Gasteiger partial charge in [-0.05, 0) is 53.0 Å². The Balaban J connectivity index is 2.31. The van der Waals surface area contributed by atoms with E-state index in [1.54, 1.807) is 0 Å². The van der Waals surface area contributed by atoms with Crippen molar-refractivity contribution in [2.75, 3.05) is 25.5 Å². The van der Waals surface area contributed by atoms with Gasteiger partial charge in [-0.15, -0.1) is 11.3 Å². The summed E-state index contributed by atoms with van der Waals surface area (Å²) in [5.41, 5.74) is 0.512. The maximum Gasteiger partial charge on any atom is 0.350 e. The third kappa shape index (κ3) is 5.25. The first-order valence-corrected chi connectivity index (χ1v) is 9.87. The average Bonchev–Trinajstić information content (AvgIpc) is 2.91. The van der Waals surface area contributed by atoms with E-state index < -0.39 is 5.97 Å². The second-order valence-electron chi connectivity index (χ2n) is 7.46. The molecule has 0 spiro atoms. The number of carbonyl (C=O) groups is 2. The van der Waals surface area contributed by atoms with E-state index in [2.05, 4.69) is 17.2 Å². The standard InChI is InChI=1S/C20H28N2O3S/c1-6-22-12-8-7-9-15(18(22)23)21-16-13-14(10-11-20(2,3)4)26-17(16)19(24)25-5/h13,15,21H,6-9,12H2,1-5H3. The molecule has 0 aliphatic carbocycles. The third-order valence-electron chi connectivity index (χ3n) is 4.16. The van der Waals surface area contributed by atoms with Gasteiger partial charge in [-0.1, -0.05) is 11.8 Å². The zero-order chi connectivity index (χ0) is 19.3. The Labute approximate surface area is 160 Å². The van der Waals surface area contributed by atoms with Crippen LogP contribution < -0.4 is 5.32 Å². The van der Waals surface area contributed by atoms with Crippen LogP contribution in [0.1, 0.15) is 61.5 Å². The number of anilines is 1. The Hall–Kier alpha value is -2.00. The summed E-state index contributed by atoms with van der Waals surface area (Å²) in [7, 11) is 1.36. The zero-order valence-electron chi connectivity index (χ0n) is 16.3. The van der Waals surface area contributed by atoms with Gasteiger partial charge in [0.1, 0.15) is 10.9 Å². The van der Waals surface area contributed by atoms with Crippen LogP contribution in [0.5, 0.6) is 0 Å². The first-order valence-electron chi connectivity index (χ1n) is 9.05. The van der Waals surface area contributed by atoms with Crippen LogP contribution in [0.2, 0.25) is 0 Å². The van der Waals surface area contributed by atoms with Crippen molar-refractivity contribution in [1.29, 1.82) is 0 Å². The van der Waals surface area contributed by atoms with Gasteiger partial charge in [-0.25, -0.2) is 4.79 Å². The molecule has 142 valence electrons. The summed E-state index contributed by atoms with van der Waals surface area (Å²) >= 11 is 1.30. The summed E-state index contributed by atoms with van der Waals surface area (Å²) in [4.78, 5) is 28.0. The molecule has 1 atom stereocenters. The van der Waals surface area contributed by atoms with Gasteiger partial charge in [0.25, 0.3) is 0 Å². The van der Waals surface area contributed by atoms with Crippen molar-refractivity contribution in [3.63, 3.8) is 0 Å². The molecule has 2 heterocycles. The molecule has 1 N–H and O–H groups in total. The smallest absolute Gasteiger partial charge is 0.350 e. The van der Waals surface area contributed by atoms with E-state index in [-0.39, 0.29) is 17.4 Å². The van der Waals surface area contributed by atoms with Crippen LogP contribution in [-0.2, 0) is 9.53 Å². The number of nitrogens with zero attached hydrogens (tertiary/aromatic N) is 1. The largest absolute Gasteiger partial charge is 0.465 e. The molecule has 0 bridgehead atoms. The number of thiophene rings is 1. The van der Waals surface area contributed by atoms with Crippen molar-refractivity contribution in [1.82, 2.24) is 4.90 Å². The lowest BCUT2D eigenvalue weighted by Gasteiger charge is -2.24. The summed E-state index contributed by atoms with van der Waals surface area (Å²) in [6.07, 6.45) is 2.75. The highest BCUT2D eigenvalue weighted by Crippen LogP contribution is 2.30. The van der Waals surface area contributed by atoms with Crippen molar-refractivity contribution < 1.29 is 14.3 Å². The number of ether oxygens (including phenoxy) is 1. The lowest BCUT2D eigenvalue weighted by atomic mass is 9.98. The maximum atomic E-state index is 12.7. The highest BCUT2D eigenvalue weighted by Gasteiger charge is 2.28. The van der Waals surface area contributed by atoms with Crippen LogP contribution in [0.4, 0.5) is 5.69 Å². The number of likely N-dealkylation sites (tertiary alicyclic amines) is 1. The Bertz CT molecular complexity index is 722. The summed E-state index contributed by atoms with van der Waals surface area (Å²) < 4.78 is 4.91. The van der Waals surface area contributed by atoms with Crippen molar-refractivity contribution in [2.45, 2.75) is 53.0 Å². The molecule has 26 heavy (non-hydrogen) atoms. The Morgan fingerprint density at radius 1 is 1.42 bits per heavy atom. The normalized spacial score (nSPS) is 18.0. The van der Waals surface area contributed by atoms with Crippen LogP contribution >= 0.6 is 11.3 Å². The molecule has 1 aliphatic heterocycles. The van der Waals surface area contributed by atoms with Crippen molar-refractivity contribution >= 4 is 28.9 Å². The lowest BCUT2D eigenvalue weighted by Crippen LogP contribution is -2.41. The van der Waals surface area contributed by atoms with E-state index in [0.29, 0.717) is 17.1 Å². The number of likely N-dealkylation sites (N-methyl/N-ethyl adjacent to an activating group) is 1. The fourth-order valence-corrected chi connectivity index (χ4v) is 3.69. The van der Waals surface area contributed by atoms with Gasteiger partial charge >= 0.3 is 5.97 Å². The lowest BCUT2D eigenvalue weighted by molar-refractivity contribution is -0.131. The number of amides is 1. The maximum absolute atomic E-state index is 12.7. The monoisotopic (exact) mass is 376 g/mol. The van der Waals surface area contributed by atoms with Crippen LogP contribution in [0, 0.1) is 17.3 Å². The number of nitrogens with one attached hydrogen (secondary N) is 1. The van der Waals surface area contributed by atoms with Crippen LogP contribution in [-0.4, -0.2) is 43.0 Å². The molecule has 1 aromatic rings. The fraction of sp³-hybridized carbons (Fsp3) is 0.600. The Kier molecular flexibility index (Phi) is 6.71. The molecule has 5 nitrogen and oxygen atoms in total. The summed E-state index contributed by atoms with van der Waals surface area (Å²) in [5.74, 6) is 5.99. The topological polar surface area (TPSA) is 58.6 Å². The molecule has 1 aliphatic rings. The first kappa shape index (κ1) is 20.3. The number of esters is 1. The quantitative estimate of drug-likeness (QED) is 0.642. The van der Waals surface area contributed by atoms with E-state index >= 15 is 0 Å². The van der Waals surface area contributed by atoms with E-state index in [9.17, 15) is 9.59 Å². The van der Waals surface area contributed by atoms with Crippen molar-refractivity contribution in [3.8, 4) is 11.8 Å². The molecular weight excluding hydrogens is 348 g/mol. The Morgan fingerprint density at radius 2 is 2.15 bits per heavy atom. The second kappa shape index (κ2) is 8.59. The average molecular weight is 377 g/mol. The van der Waals surface area contributed by atoms with E-state index in [1.807, 2.05) is 38.7 Å². The molecular formula is C20H28N2O3S. The fourth-order valence-electron chi connectivity index (χ4n) is 2.79. The molecule has 1 aromatic heterocycles. The molecule has 0 aromatic carbocycles. The summed E-state index contributed by atoms with van der Waals surface area (Å²) in [6, 6.07) is 1.53. The van der Waals surface area contributed by atoms with Gasteiger partial charge in [0, 0.05) is 18.5 Å². The van der Waals surface area contributed by atoms with Gasteiger partial charge in [-0.2, -0.15) is 0 Å². The molecule has 0 saturated carbocycles. The predicted molar refractivity (Wildman–Crippen MR) is 106 cm³/mol. The van der Waals surface area contributed by atoms with Gasteiger partial charge in [0.15, 0.2) is 0 Å². The molecule has 1 amide bonds. The third-order valence-corrected chi connectivity index (χ3v) is 5.19. The van der Waals surface area contributed by atoms with Crippen LogP contribution in [0.25, 0.3) is 0 Å². The molecule has 1 saturated heterocycles. The van der Waals surface area contributed by atoms with Gasteiger partial charge < -0.3 is 15.0 Å². The van der Waals surface area contributed by atoms with E-state index in [1.165, 1.54) is 18.4 Å². The molecule has 0 radical (unpaired) electrons. The van der Waals surface area contributed by atoms with Gasteiger partial charge in [-0.3, -0.25) is 4.79 Å². The molecule has 1 unspecified atom stereocenters. The van der Waals surface area contributed by atoms with Gasteiger partial charge in [0.2, 0.25) is 5.91 Å². The highest BCUT2D eigenvalue weighted by molar-refractivity contribution is 7.15. The van der Waals surface area contributed by atoms with Crippen molar-refractivity contribution in [3.05, 3.63) is 15.8 Å². The predicted octanol–water partition coefficient (Wildman–Crippen LogP) is 3.75. The second-order valence-corrected chi connectivity index (χ2v) is 8.51. The van der Waals surface area contributed by atoms with Crippen molar-refractivity contribution in [2.24, 2.45) is 5.41 Å². The molecule has 6 heteroatoms. The number of methoxy groups -OCH3 is 1. The van der Waals surface area contributed by atoms with E-state index in [0.717, 1.165) is 30.7 Å². The zero-order valence-corrected chi connectivity index (χ0v) is 17.1. The molecule has 1 fully saturated rings.